The van der Waals surface area contributed by atoms with Gasteiger partial charge in [-0.1, -0.05) is 6.07 Å². The van der Waals surface area contributed by atoms with Crippen LogP contribution in [0, 0.1) is 0 Å². The molecule has 2 saturated heterocycles. The lowest BCUT2D eigenvalue weighted by molar-refractivity contribution is 0.0696. The number of carboxylic acid groups (broad SMARTS) is 2. The Morgan fingerprint density at radius 1 is 1.05 bits per heavy atom. The second-order valence-corrected chi connectivity index (χ2v) is 4.64. The third-order valence-electron chi connectivity index (χ3n) is 2.77. The van der Waals surface area contributed by atoms with E-state index in [0.29, 0.717) is 12.2 Å². The minimum Gasteiger partial charge on any atom is -0.478 e. The maximum absolute atomic E-state index is 10.4. The van der Waals surface area contributed by atoms with Crippen molar-refractivity contribution in [3.05, 3.63) is 35.4 Å². The lowest BCUT2D eigenvalue weighted by Crippen LogP contribution is -2.06. The van der Waals surface area contributed by atoms with Gasteiger partial charge in [-0.15, -0.1) is 0 Å². The van der Waals surface area contributed by atoms with Crippen molar-refractivity contribution in [1.82, 2.24) is 0 Å². The summed E-state index contributed by atoms with van der Waals surface area (Å²) in [5.74, 6) is -2.25. The van der Waals surface area contributed by atoms with E-state index in [2.05, 4.69) is 0 Å². The first-order chi connectivity index (χ1) is 10.1. The summed E-state index contributed by atoms with van der Waals surface area (Å²) in [4.78, 5) is 20.8. The molecule has 0 bridgehead atoms. The van der Waals surface area contributed by atoms with E-state index in [1.165, 1.54) is 18.2 Å². The number of carboxylic acids is 2. The Balaban J connectivity index is 0.000000159. The fourth-order valence-electron chi connectivity index (χ4n) is 1.44. The van der Waals surface area contributed by atoms with E-state index in [-0.39, 0.29) is 11.1 Å². The first-order valence-corrected chi connectivity index (χ1v) is 6.44. The molecule has 2 heterocycles. The second-order valence-electron chi connectivity index (χ2n) is 4.64. The van der Waals surface area contributed by atoms with Crippen molar-refractivity contribution in [2.45, 2.75) is 12.2 Å². The zero-order valence-corrected chi connectivity index (χ0v) is 11.2. The lowest BCUT2D eigenvalue weighted by atomic mass is 10.1. The topological polar surface area (TPSA) is 109 Å². The van der Waals surface area contributed by atoms with Gasteiger partial charge in [-0.05, 0) is 18.2 Å². The molecule has 2 aliphatic heterocycles. The van der Waals surface area contributed by atoms with E-state index in [1.54, 1.807) is 0 Å². The fourth-order valence-corrected chi connectivity index (χ4v) is 1.44. The molecule has 114 valence electrons. The van der Waals surface area contributed by atoms with Crippen LogP contribution in [-0.2, 0) is 14.2 Å². The third-order valence-corrected chi connectivity index (χ3v) is 2.77. The number of hydrogen-bond acceptors (Lipinski definition) is 5. The van der Waals surface area contributed by atoms with Crippen molar-refractivity contribution in [2.75, 3.05) is 26.4 Å². The molecular formula is C14H16O7. The van der Waals surface area contributed by atoms with Crippen LogP contribution < -0.4 is 0 Å². The van der Waals surface area contributed by atoms with Crippen LogP contribution in [0.3, 0.4) is 0 Å². The van der Waals surface area contributed by atoms with Crippen molar-refractivity contribution in [2.24, 2.45) is 0 Å². The molecule has 0 aromatic heterocycles. The quantitative estimate of drug-likeness (QED) is 0.750. The fraction of sp³-hybridized carbons (Fsp3) is 0.429. The van der Waals surface area contributed by atoms with Crippen LogP contribution in [0.5, 0.6) is 0 Å². The molecule has 0 spiro atoms. The van der Waals surface area contributed by atoms with Crippen LogP contribution in [0.2, 0.25) is 0 Å². The van der Waals surface area contributed by atoms with Gasteiger partial charge in [0.2, 0.25) is 0 Å². The van der Waals surface area contributed by atoms with Gasteiger partial charge in [0.1, 0.15) is 12.2 Å². The minimum atomic E-state index is -1.13. The average Bonchev–Trinajstić information content (AvgIpc) is 3.34. The van der Waals surface area contributed by atoms with Crippen molar-refractivity contribution in [1.29, 1.82) is 0 Å². The summed E-state index contributed by atoms with van der Waals surface area (Å²) in [5, 5.41) is 17.0. The zero-order valence-electron chi connectivity index (χ0n) is 11.2. The standard InChI is InChI=1S/C8H6O4.C6H10O3/c9-7(10)5-2-1-3-6(4-5)8(11)12;1(5-3-8-5)7-2-6-4-9-6/h1-4H,(H,9,10)(H,11,12);5-6H,1-4H2. The van der Waals surface area contributed by atoms with Crippen LogP contribution in [0.4, 0.5) is 0 Å². The molecule has 2 unspecified atom stereocenters. The maximum atomic E-state index is 10.4. The molecule has 2 N–H and O–H groups in total. The number of carbonyl (C=O) groups is 2. The predicted octanol–water partition coefficient (Wildman–Crippen LogP) is 0.884. The summed E-state index contributed by atoms with van der Waals surface area (Å²) in [6.07, 6.45) is 0.785. The van der Waals surface area contributed by atoms with Gasteiger partial charge in [0, 0.05) is 0 Å². The van der Waals surface area contributed by atoms with Gasteiger partial charge >= 0.3 is 11.9 Å². The van der Waals surface area contributed by atoms with Crippen molar-refractivity contribution in [3.8, 4) is 0 Å². The Bertz CT molecular complexity index is 465. The Labute approximate surface area is 121 Å². The summed E-state index contributed by atoms with van der Waals surface area (Å²) >= 11 is 0. The molecule has 0 radical (unpaired) electrons. The zero-order chi connectivity index (χ0) is 15.2. The van der Waals surface area contributed by atoms with Gasteiger partial charge in [0.25, 0.3) is 0 Å². The van der Waals surface area contributed by atoms with Gasteiger partial charge in [-0.2, -0.15) is 0 Å². The molecule has 2 fully saturated rings. The van der Waals surface area contributed by atoms with Crippen LogP contribution in [-0.4, -0.2) is 60.8 Å². The van der Waals surface area contributed by atoms with E-state index in [0.717, 1.165) is 32.5 Å². The van der Waals surface area contributed by atoms with Crippen LogP contribution in [0.15, 0.2) is 24.3 Å². The summed E-state index contributed by atoms with van der Waals surface area (Å²) in [6, 6.07) is 5.20. The number of rotatable bonds is 6. The van der Waals surface area contributed by atoms with Crippen LogP contribution in [0.1, 0.15) is 20.7 Å². The number of hydrogen-bond donors (Lipinski definition) is 2. The molecule has 0 saturated carbocycles. The monoisotopic (exact) mass is 296 g/mol. The van der Waals surface area contributed by atoms with Gasteiger partial charge in [-0.3, -0.25) is 0 Å². The van der Waals surface area contributed by atoms with Crippen molar-refractivity contribution < 1.29 is 34.0 Å². The molecule has 21 heavy (non-hydrogen) atoms. The highest BCUT2D eigenvalue weighted by molar-refractivity contribution is 5.93. The molecule has 2 aliphatic rings. The number of benzene rings is 1. The Hall–Kier alpha value is -1.96. The Morgan fingerprint density at radius 2 is 1.48 bits per heavy atom. The van der Waals surface area contributed by atoms with E-state index >= 15 is 0 Å². The van der Waals surface area contributed by atoms with Gasteiger partial charge < -0.3 is 24.4 Å². The molecule has 0 aliphatic carbocycles. The summed E-state index contributed by atoms with van der Waals surface area (Å²) < 4.78 is 15.1. The molecule has 3 rings (SSSR count). The smallest absolute Gasteiger partial charge is 0.335 e. The average molecular weight is 296 g/mol. The van der Waals surface area contributed by atoms with E-state index in [1.807, 2.05) is 0 Å². The normalized spacial score (nSPS) is 21.9. The summed E-state index contributed by atoms with van der Waals surface area (Å²) in [6.45, 7) is 3.26. The Morgan fingerprint density at radius 3 is 1.81 bits per heavy atom. The van der Waals surface area contributed by atoms with Gasteiger partial charge in [0.15, 0.2) is 0 Å². The van der Waals surface area contributed by atoms with E-state index in [9.17, 15) is 9.59 Å². The van der Waals surface area contributed by atoms with Crippen LogP contribution in [0.25, 0.3) is 0 Å². The molecule has 1 aromatic rings. The largest absolute Gasteiger partial charge is 0.478 e. The predicted molar refractivity (Wildman–Crippen MR) is 70.7 cm³/mol. The maximum Gasteiger partial charge on any atom is 0.335 e. The molecule has 7 heteroatoms. The van der Waals surface area contributed by atoms with Crippen LogP contribution >= 0.6 is 0 Å². The number of aromatic carboxylic acids is 2. The minimum absolute atomic E-state index is 0.0186. The van der Waals surface area contributed by atoms with Crippen molar-refractivity contribution >= 4 is 11.9 Å². The highest BCUT2D eigenvalue weighted by Gasteiger charge is 2.26. The summed E-state index contributed by atoms with van der Waals surface area (Å²) in [7, 11) is 0. The highest BCUT2D eigenvalue weighted by atomic mass is 16.6. The second kappa shape index (κ2) is 7.16. The molecule has 7 nitrogen and oxygen atoms in total. The lowest BCUT2D eigenvalue weighted by Gasteiger charge is -1.95. The highest BCUT2D eigenvalue weighted by Crippen LogP contribution is 2.12. The SMILES string of the molecule is C(OCC1CO1)C1CO1.O=C(O)c1cccc(C(=O)O)c1. The molecule has 2 atom stereocenters. The molecule has 1 aromatic carbocycles. The number of ether oxygens (including phenoxy) is 3. The Kier molecular flexibility index (Phi) is 5.26. The molecule has 0 amide bonds. The third kappa shape index (κ3) is 5.90. The first kappa shape index (κ1) is 15.4. The number of epoxide rings is 2. The van der Waals surface area contributed by atoms with Gasteiger partial charge in [0.05, 0.1) is 37.6 Å². The van der Waals surface area contributed by atoms with Crippen molar-refractivity contribution in [3.63, 3.8) is 0 Å². The van der Waals surface area contributed by atoms with E-state index < -0.39 is 11.9 Å². The van der Waals surface area contributed by atoms with E-state index in [4.69, 9.17) is 24.4 Å². The first-order valence-electron chi connectivity index (χ1n) is 6.44. The summed E-state index contributed by atoms with van der Waals surface area (Å²) in [5.41, 5.74) is -0.0372. The van der Waals surface area contributed by atoms with Gasteiger partial charge in [-0.25, -0.2) is 9.59 Å². The molecular weight excluding hydrogens is 280 g/mol.